The van der Waals surface area contributed by atoms with Crippen molar-refractivity contribution in [2.24, 2.45) is 5.10 Å². The van der Waals surface area contributed by atoms with Gasteiger partial charge in [-0.15, -0.1) is 0 Å². The molecule has 28 heavy (non-hydrogen) atoms. The molecule has 3 aromatic carbocycles. The van der Waals surface area contributed by atoms with Gasteiger partial charge in [-0.1, -0.05) is 66.2 Å². The lowest BCUT2D eigenvalue weighted by Gasteiger charge is -2.10. The minimum absolute atomic E-state index is 0.121. The Kier molecular flexibility index (Phi) is 6.86. The first-order chi connectivity index (χ1) is 13.4. The van der Waals surface area contributed by atoms with E-state index in [0.717, 1.165) is 25.3 Å². The number of rotatable bonds is 6. The number of nitrogens with zero attached hydrogens (tertiary/aromatic N) is 1. The Morgan fingerprint density at radius 2 is 1.86 bits per heavy atom. The normalized spacial score (nSPS) is 11.3. The van der Waals surface area contributed by atoms with Crippen molar-refractivity contribution >= 4 is 54.8 Å². The van der Waals surface area contributed by atoms with Crippen molar-refractivity contribution in [1.82, 2.24) is 5.43 Å². The molecule has 4 nitrogen and oxygen atoms in total. The molecule has 6 heteroatoms. The average Bonchev–Trinajstić information content (AvgIpc) is 2.68. The fourth-order valence-corrected chi connectivity index (χ4v) is 3.66. The number of benzene rings is 3. The number of carbonyl (C=O) groups is 1. The number of nitrogens with one attached hydrogen (secondary N) is 1. The van der Waals surface area contributed by atoms with Crippen LogP contribution in [0.25, 0.3) is 10.8 Å². The van der Waals surface area contributed by atoms with Crippen LogP contribution in [-0.4, -0.2) is 18.7 Å². The smallest absolute Gasteiger partial charge is 0.277 e. The van der Waals surface area contributed by atoms with Crippen molar-refractivity contribution in [3.63, 3.8) is 0 Å². The number of fused-ring (bicyclic) bond motifs is 1. The Morgan fingerprint density at radius 3 is 2.57 bits per heavy atom. The Labute approximate surface area is 181 Å². The fraction of sp³-hybridized carbons (Fsp3) is 0.182. The van der Waals surface area contributed by atoms with Crippen LogP contribution in [0.5, 0.6) is 5.75 Å². The van der Waals surface area contributed by atoms with Gasteiger partial charge in [0.25, 0.3) is 5.91 Å². The van der Waals surface area contributed by atoms with Crippen molar-refractivity contribution in [1.29, 1.82) is 0 Å². The van der Waals surface area contributed by atoms with Gasteiger partial charge in [0, 0.05) is 4.47 Å². The van der Waals surface area contributed by atoms with Crippen molar-refractivity contribution in [3.05, 3.63) is 74.7 Å². The van der Waals surface area contributed by atoms with Gasteiger partial charge in [-0.2, -0.15) is 5.10 Å². The van der Waals surface area contributed by atoms with Crippen LogP contribution in [-0.2, 0) is 4.79 Å². The molecule has 0 unspecified atom stereocenters. The van der Waals surface area contributed by atoms with E-state index in [0.29, 0.717) is 11.7 Å². The molecule has 0 aliphatic carbocycles. The molecule has 0 aliphatic rings. The lowest BCUT2D eigenvalue weighted by atomic mass is 10.0. The maximum absolute atomic E-state index is 12.0. The molecule has 3 aromatic rings. The summed E-state index contributed by atoms with van der Waals surface area (Å²) in [6, 6.07) is 17.9. The van der Waals surface area contributed by atoms with Gasteiger partial charge in [-0.3, -0.25) is 4.79 Å². The highest BCUT2D eigenvalue weighted by Gasteiger charge is 2.09. The third kappa shape index (κ3) is 5.20. The summed E-state index contributed by atoms with van der Waals surface area (Å²) in [5, 5.41) is 6.08. The summed E-state index contributed by atoms with van der Waals surface area (Å²) in [4.78, 5) is 12.0. The summed E-state index contributed by atoms with van der Waals surface area (Å²) in [6.07, 6.45) is 1.62. The number of hydrogen-bond donors (Lipinski definition) is 1. The molecule has 0 fully saturated rings. The molecule has 0 aromatic heterocycles. The lowest BCUT2D eigenvalue weighted by Crippen LogP contribution is -2.24. The van der Waals surface area contributed by atoms with E-state index >= 15 is 0 Å². The molecule has 0 aliphatic heterocycles. The molecule has 0 atom stereocenters. The topological polar surface area (TPSA) is 50.7 Å². The number of ether oxygens (including phenoxy) is 1. The molecule has 1 N–H and O–H groups in total. The predicted octanol–water partition coefficient (Wildman–Crippen LogP) is 6.02. The van der Waals surface area contributed by atoms with E-state index in [2.05, 4.69) is 68.4 Å². The molecule has 0 saturated heterocycles. The highest BCUT2D eigenvalue weighted by Crippen LogP contribution is 2.34. The highest BCUT2D eigenvalue weighted by atomic mass is 79.9. The summed E-state index contributed by atoms with van der Waals surface area (Å²) < 4.78 is 7.47. The Morgan fingerprint density at radius 1 is 1.11 bits per heavy atom. The van der Waals surface area contributed by atoms with Crippen LogP contribution in [0, 0.1) is 0 Å². The molecule has 0 spiro atoms. The van der Waals surface area contributed by atoms with E-state index < -0.39 is 0 Å². The first kappa shape index (κ1) is 20.6. The van der Waals surface area contributed by atoms with Crippen LogP contribution >= 0.6 is 31.9 Å². The zero-order chi connectivity index (χ0) is 20.1. The van der Waals surface area contributed by atoms with Crippen LogP contribution in [0.15, 0.2) is 68.6 Å². The second kappa shape index (κ2) is 9.34. The molecule has 3 rings (SSSR count). The standard InChI is InChI=1S/C22H20Br2N2O2/c1-14(2)16-5-3-15(4-6-16)12-25-26-21(27)13-28-20-10-7-17-11-18(23)8-9-19(17)22(20)24/h3-12,14H,13H2,1-2H3,(H,26,27)/b25-12+. The van der Waals surface area contributed by atoms with Crippen LogP contribution in [0.4, 0.5) is 0 Å². The second-order valence-corrected chi connectivity index (χ2v) is 8.36. The van der Waals surface area contributed by atoms with Gasteiger partial charge in [-0.25, -0.2) is 5.43 Å². The van der Waals surface area contributed by atoms with Crippen molar-refractivity contribution in [2.75, 3.05) is 6.61 Å². The quantitative estimate of drug-likeness (QED) is 0.330. The molecule has 0 radical (unpaired) electrons. The van der Waals surface area contributed by atoms with Gasteiger partial charge in [0.15, 0.2) is 6.61 Å². The summed E-state index contributed by atoms with van der Waals surface area (Å²) in [6.45, 7) is 4.18. The van der Waals surface area contributed by atoms with Gasteiger partial charge in [0.05, 0.1) is 10.7 Å². The first-order valence-corrected chi connectivity index (χ1v) is 10.4. The number of hydrogen-bond acceptors (Lipinski definition) is 3. The largest absolute Gasteiger partial charge is 0.483 e. The molecule has 1 amide bonds. The first-order valence-electron chi connectivity index (χ1n) is 8.86. The highest BCUT2D eigenvalue weighted by molar-refractivity contribution is 9.11. The lowest BCUT2D eigenvalue weighted by molar-refractivity contribution is -0.123. The van der Waals surface area contributed by atoms with Crippen molar-refractivity contribution in [3.8, 4) is 5.75 Å². The van der Waals surface area contributed by atoms with Gasteiger partial charge < -0.3 is 4.74 Å². The maximum atomic E-state index is 12.0. The van der Waals surface area contributed by atoms with Crippen LogP contribution in [0.2, 0.25) is 0 Å². The average molecular weight is 504 g/mol. The van der Waals surface area contributed by atoms with Gasteiger partial charge in [-0.05, 0) is 61.9 Å². The van der Waals surface area contributed by atoms with Crippen molar-refractivity contribution < 1.29 is 9.53 Å². The maximum Gasteiger partial charge on any atom is 0.277 e. The number of halogens is 2. The zero-order valence-electron chi connectivity index (χ0n) is 15.6. The summed E-state index contributed by atoms with van der Waals surface area (Å²) in [5.41, 5.74) is 4.68. The van der Waals surface area contributed by atoms with Gasteiger partial charge >= 0.3 is 0 Å². The fourth-order valence-electron chi connectivity index (χ4n) is 2.68. The second-order valence-electron chi connectivity index (χ2n) is 6.65. The molecular weight excluding hydrogens is 484 g/mol. The van der Waals surface area contributed by atoms with Crippen LogP contribution in [0.1, 0.15) is 30.9 Å². The number of hydrazone groups is 1. The molecule has 0 heterocycles. The van der Waals surface area contributed by atoms with Crippen molar-refractivity contribution in [2.45, 2.75) is 19.8 Å². The third-order valence-corrected chi connectivity index (χ3v) is 5.56. The monoisotopic (exact) mass is 502 g/mol. The summed E-state index contributed by atoms with van der Waals surface area (Å²) in [5.74, 6) is 0.773. The van der Waals surface area contributed by atoms with Gasteiger partial charge in [0.1, 0.15) is 5.75 Å². The Balaban J connectivity index is 1.56. The Hall–Kier alpha value is -2.18. The Bertz CT molecular complexity index is 1010. The SMILES string of the molecule is CC(C)c1ccc(/C=N/NC(=O)COc2ccc3cc(Br)ccc3c2Br)cc1. The molecule has 0 bridgehead atoms. The minimum Gasteiger partial charge on any atom is -0.483 e. The predicted molar refractivity (Wildman–Crippen MR) is 121 cm³/mol. The van der Waals surface area contributed by atoms with E-state index in [4.69, 9.17) is 4.74 Å². The summed E-state index contributed by atoms with van der Waals surface area (Å²) in [7, 11) is 0. The van der Waals surface area contributed by atoms with E-state index in [1.54, 1.807) is 6.21 Å². The van der Waals surface area contributed by atoms with Gasteiger partial charge in [0.2, 0.25) is 0 Å². The third-order valence-electron chi connectivity index (χ3n) is 4.25. The molecule has 0 saturated carbocycles. The zero-order valence-corrected chi connectivity index (χ0v) is 18.7. The minimum atomic E-state index is -0.321. The number of amides is 1. The van der Waals surface area contributed by atoms with E-state index in [1.807, 2.05) is 42.5 Å². The van der Waals surface area contributed by atoms with E-state index in [9.17, 15) is 4.79 Å². The van der Waals surface area contributed by atoms with E-state index in [-0.39, 0.29) is 12.5 Å². The number of carbonyl (C=O) groups excluding carboxylic acids is 1. The summed E-state index contributed by atoms with van der Waals surface area (Å²) >= 11 is 7.02. The van der Waals surface area contributed by atoms with Crippen LogP contribution in [0.3, 0.4) is 0 Å². The van der Waals surface area contributed by atoms with E-state index in [1.165, 1.54) is 5.56 Å². The van der Waals surface area contributed by atoms with Crippen LogP contribution < -0.4 is 10.2 Å². The molecule has 144 valence electrons. The molecular formula is C22H20Br2N2O2.